The van der Waals surface area contributed by atoms with E-state index >= 15 is 0 Å². The summed E-state index contributed by atoms with van der Waals surface area (Å²) in [6, 6.07) is 4.18. The second-order valence-electron chi connectivity index (χ2n) is 5.25. The molecule has 4 nitrogen and oxygen atoms in total. The van der Waals surface area contributed by atoms with Crippen LogP contribution in [0.15, 0.2) is 23.0 Å². The normalized spacial score (nSPS) is 15.0. The van der Waals surface area contributed by atoms with Crippen LogP contribution in [0.3, 0.4) is 0 Å². The molecular formula is C15H15F2N3O. The zero-order chi connectivity index (χ0) is 15.0. The van der Waals surface area contributed by atoms with Crippen LogP contribution >= 0.6 is 0 Å². The maximum atomic E-state index is 13.7. The Morgan fingerprint density at radius 1 is 1.38 bits per heavy atom. The number of aromatic nitrogens is 2. The second-order valence-corrected chi connectivity index (χ2v) is 5.25. The second kappa shape index (κ2) is 5.37. The minimum Gasteiger partial charge on any atom is -0.311 e. The van der Waals surface area contributed by atoms with Gasteiger partial charge in [-0.3, -0.25) is 9.69 Å². The first kappa shape index (κ1) is 13.9. The summed E-state index contributed by atoms with van der Waals surface area (Å²) in [5.41, 5.74) is 1.63. The molecule has 2 heterocycles. The number of fused-ring (bicyclic) bond motifs is 1. The highest BCUT2D eigenvalue weighted by molar-refractivity contribution is 5.23. The molecule has 1 aromatic heterocycles. The van der Waals surface area contributed by atoms with E-state index in [4.69, 9.17) is 0 Å². The van der Waals surface area contributed by atoms with Gasteiger partial charge in [-0.15, -0.1) is 0 Å². The monoisotopic (exact) mass is 291 g/mol. The molecule has 0 spiro atoms. The number of nitrogens with zero attached hydrogens (tertiary/aromatic N) is 2. The number of hydrogen-bond acceptors (Lipinski definition) is 3. The number of halogens is 2. The van der Waals surface area contributed by atoms with Gasteiger partial charge in [-0.05, 0) is 19.4 Å². The van der Waals surface area contributed by atoms with E-state index in [9.17, 15) is 13.6 Å². The highest BCUT2D eigenvalue weighted by atomic mass is 19.2. The molecule has 0 fully saturated rings. The molecule has 3 rings (SSSR count). The zero-order valence-corrected chi connectivity index (χ0v) is 11.6. The quantitative estimate of drug-likeness (QED) is 0.919. The van der Waals surface area contributed by atoms with E-state index in [-0.39, 0.29) is 5.56 Å². The van der Waals surface area contributed by atoms with E-state index in [1.165, 1.54) is 6.07 Å². The van der Waals surface area contributed by atoms with E-state index in [2.05, 4.69) is 9.97 Å². The van der Waals surface area contributed by atoms with Crippen LogP contribution in [0.25, 0.3) is 0 Å². The van der Waals surface area contributed by atoms with Gasteiger partial charge in [-0.25, -0.2) is 13.8 Å². The van der Waals surface area contributed by atoms with Crippen molar-refractivity contribution in [3.8, 4) is 0 Å². The predicted molar refractivity (Wildman–Crippen MR) is 73.8 cm³/mol. The summed E-state index contributed by atoms with van der Waals surface area (Å²) in [6.07, 6.45) is 0.564. The minimum atomic E-state index is -0.838. The van der Waals surface area contributed by atoms with Crippen LogP contribution in [0.1, 0.15) is 22.6 Å². The van der Waals surface area contributed by atoms with Crippen LogP contribution in [0.4, 0.5) is 8.78 Å². The fourth-order valence-corrected chi connectivity index (χ4v) is 2.66. The summed E-state index contributed by atoms with van der Waals surface area (Å²) < 4.78 is 26.9. The number of rotatable bonds is 2. The molecule has 2 aromatic rings. The van der Waals surface area contributed by atoms with Gasteiger partial charge < -0.3 is 4.98 Å². The number of aryl methyl sites for hydroxylation is 1. The highest BCUT2D eigenvalue weighted by Gasteiger charge is 2.21. The molecule has 0 bridgehead atoms. The van der Waals surface area contributed by atoms with Gasteiger partial charge in [0.1, 0.15) is 5.82 Å². The summed E-state index contributed by atoms with van der Waals surface area (Å²) in [4.78, 5) is 20.8. The lowest BCUT2D eigenvalue weighted by Gasteiger charge is -2.27. The van der Waals surface area contributed by atoms with Crippen molar-refractivity contribution in [2.24, 2.45) is 0 Å². The first-order valence-electron chi connectivity index (χ1n) is 6.78. The van der Waals surface area contributed by atoms with Crippen molar-refractivity contribution >= 4 is 0 Å². The number of aromatic amines is 1. The van der Waals surface area contributed by atoms with Crippen molar-refractivity contribution in [2.75, 3.05) is 6.54 Å². The van der Waals surface area contributed by atoms with Crippen LogP contribution in [-0.4, -0.2) is 21.4 Å². The van der Waals surface area contributed by atoms with Gasteiger partial charge in [0, 0.05) is 30.8 Å². The molecule has 1 aliphatic heterocycles. The predicted octanol–water partition coefficient (Wildman–Crippen LogP) is 1.91. The van der Waals surface area contributed by atoms with Crippen molar-refractivity contribution in [3.63, 3.8) is 0 Å². The van der Waals surface area contributed by atoms with Crippen LogP contribution < -0.4 is 5.56 Å². The first-order valence-corrected chi connectivity index (χ1v) is 6.78. The van der Waals surface area contributed by atoms with Crippen molar-refractivity contribution in [1.29, 1.82) is 0 Å². The van der Waals surface area contributed by atoms with Crippen molar-refractivity contribution < 1.29 is 8.78 Å². The molecule has 0 radical (unpaired) electrons. The van der Waals surface area contributed by atoms with Gasteiger partial charge >= 0.3 is 0 Å². The Kier molecular flexibility index (Phi) is 3.55. The number of nitrogens with one attached hydrogen (secondary N) is 1. The molecule has 1 N–H and O–H groups in total. The molecule has 0 saturated carbocycles. The summed E-state index contributed by atoms with van der Waals surface area (Å²) in [5.74, 6) is -1.08. The first-order chi connectivity index (χ1) is 10.0. The molecule has 0 atom stereocenters. The van der Waals surface area contributed by atoms with E-state index in [0.29, 0.717) is 43.0 Å². The van der Waals surface area contributed by atoms with E-state index in [0.717, 1.165) is 11.8 Å². The maximum absolute atomic E-state index is 13.7. The molecule has 0 unspecified atom stereocenters. The molecule has 0 saturated heterocycles. The van der Waals surface area contributed by atoms with Gasteiger partial charge in [0.05, 0.1) is 5.69 Å². The van der Waals surface area contributed by atoms with Crippen molar-refractivity contribution in [2.45, 2.75) is 26.4 Å². The maximum Gasteiger partial charge on any atom is 0.254 e. The smallest absolute Gasteiger partial charge is 0.254 e. The topological polar surface area (TPSA) is 49.0 Å². The average Bonchev–Trinajstić information content (AvgIpc) is 2.43. The van der Waals surface area contributed by atoms with Crippen LogP contribution in [-0.2, 0) is 19.5 Å². The third kappa shape index (κ3) is 2.71. The third-order valence-corrected chi connectivity index (χ3v) is 3.70. The average molecular weight is 291 g/mol. The SMILES string of the molecule is Cc1nc2c(c(=O)[nH]1)CCN(Cc1cccc(F)c1F)C2. The number of H-pyrrole nitrogens is 1. The minimum absolute atomic E-state index is 0.103. The van der Waals surface area contributed by atoms with Gasteiger partial charge in [0.25, 0.3) is 5.56 Å². The van der Waals surface area contributed by atoms with Crippen LogP contribution in [0, 0.1) is 18.6 Å². The molecule has 0 amide bonds. The van der Waals surface area contributed by atoms with Gasteiger partial charge in [-0.2, -0.15) is 0 Å². The summed E-state index contributed by atoms with van der Waals surface area (Å²) in [5, 5.41) is 0. The van der Waals surface area contributed by atoms with Gasteiger partial charge in [0.2, 0.25) is 0 Å². The van der Waals surface area contributed by atoms with Crippen LogP contribution in [0.2, 0.25) is 0 Å². The van der Waals surface area contributed by atoms with E-state index < -0.39 is 11.6 Å². The Balaban J connectivity index is 1.84. The third-order valence-electron chi connectivity index (χ3n) is 3.70. The van der Waals surface area contributed by atoms with Gasteiger partial charge in [-0.1, -0.05) is 12.1 Å². The van der Waals surface area contributed by atoms with Crippen LogP contribution in [0.5, 0.6) is 0 Å². The van der Waals surface area contributed by atoms with Gasteiger partial charge in [0.15, 0.2) is 11.6 Å². The summed E-state index contributed by atoms with van der Waals surface area (Å²) in [6.45, 7) is 3.12. The number of hydrogen-bond donors (Lipinski definition) is 1. The molecular weight excluding hydrogens is 276 g/mol. The number of benzene rings is 1. The van der Waals surface area contributed by atoms with E-state index in [1.807, 2.05) is 4.90 Å². The molecule has 110 valence electrons. The fraction of sp³-hybridized carbons (Fsp3) is 0.333. The fourth-order valence-electron chi connectivity index (χ4n) is 2.66. The standard InChI is InChI=1S/C15H15F2N3O/c1-9-18-13-8-20(6-5-11(13)15(21)19-9)7-10-3-2-4-12(16)14(10)17/h2-4H,5-8H2,1H3,(H,18,19,21). The van der Waals surface area contributed by atoms with Crippen molar-refractivity contribution in [1.82, 2.24) is 14.9 Å². The zero-order valence-electron chi connectivity index (χ0n) is 11.6. The highest BCUT2D eigenvalue weighted by Crippen LogP contribution is 2.19. The Hall–Kier alpha value is -2.08. The molecule has 0 aliphatic carbocycles. The lowest BCUT2D eigenvalue weighted by molar-refractivity contribution is 0.236. The summed E-state index contributed by atoms with van der Waals surface area (Å²) >= 11 is 0. The lowest BCUT2D eigenvalue weighted by atomic mass is 10.1. The molecule has 1 aromatic carbocycles. The Labute approximate surface area is 120 Å². The Morgan fingerprint density at radius 2 is 2.19 bits per heavy atom. The molecule has 1 aliphatic rings. The Bertz CT molecular complexity index is 742. The molecule has 21 heavy (non-hydrogen) atoms. The summed E-state index contributed by atoms with van der Waals surface area (Å²) in [7, 11) is 0. The lowest BCUT2D eigenvalue weighted by Crippen LogP contribution is -2.35. The Morgan fingerprint density at radius 3 is 3.00 bits per heavy atom. The van der Waals surface area contributed by atoms with Crippen molar-refractivity contribution in [3.05, 3.63) is 62.8 Å². The largest absolute Gasteiger partial charge is 0.311 e. The van der Waals surface area contributed by atoms with E-state index in [1.54, 1.807) is 13.0 Å². The molecule has 6 heteroatoms.